The van der Waals surface area contributed by atoms with Gasteiger partial charge in [0.1, 0.15) is 6.04 Å². The van der Waals surface area contributed by atoms with Crippen LogP contribution in [0.2, 0.25) is 0 Å². The SMILES string of the molecule is CC[C@@H](O)[C@H](NC(=O)c1ccc(-c2cnc(-c3ccc(CN4CCOCC4)cc3)cn2)cc1)C(=O)NO. The monoisotopic (exact) mass is 505 g/mol. The smallest absolute Gasteiger partial charge is 0.268 e. The molecule has 1 aromatic heterocycles. The molecule has 1 saturated heterocycles. The number of nitrogens with zero attached hydrogens (tertiary/aromatic N) is 3. The largest absolute Gasteiger partial charge is 0.390 e. The van der Waals surface area contributed by atoms with Gasteiger partial charge in [-0.25, -0.2) is 5.48 Å². The van der Waals surface area contributed by atoms with Crippen molar-refractivity contribution in [3.05, 3.63) is 72.1 Å². The van der Waals surface area contributed by atoms with Crippen molar-refractivity contribution >= 4 is 11.8 Å². The third-order valence-electron chi connectivity index (χ3n) is 6.34. The van der Waals surface area contributed by atoms with Crippen molar-refractivity contribution < 1.29 is 24.6 Å². The van der Waals surface area contributed by atoms with E-state index in [2.05, 4.69) is 32.3 Å². The fraction of sp³-hybridized carbons (Fsp3) is 0.333. The summed E-state index contributed by atoms with van der Waals surface area (Å²) in [4.78, 5) is 35.8. The van der Waals surface area contributed by atoms with Crippen molar-refractivity contribution in [3.8, 4) is 22.5 Å². The summed E-state index contributed by atoms with van der Waals surface area (Å²) < 4.78 is 5.41. The zero-order valence-electron chi connectivity index (χ0n) is 20.6. The summed E-state index contributed by atoms with van der Waals surface area (Å²) in [6.45, 7) is 6.02. The van der Waals surface area contributed by atoms with Gasteiger partial charge in [0.05, 0.1) is 43.1 Å². The third kappa shape index (κ3) is 6.75. The van der Waals surface area contributed by atoms with Gasteiger partial charge in [0.25, 0.3) is 11.8 Å². The predicted molar refractivity (Wildman–Crippen MR) is 136 cm³/mol. The molecule has 37 heavy (non-hydrogen) atoms. The number of hydrogen-bond acceptors (Lipinski definition) is 8. The number of benzene rings is 2. The number of carbonyl (C=O) groups excluding carboxylic acids is 2. The molecule has 10 heteroatoms. The zero-order chi connectivity index (χ0) is 26.2. The second-order valence-electron chi connectivity index (χ2n) is 8.85. The Morgan fingerprint density at radius 3 is 2.05 bits per heavy atom. The van der Waals surface area contributed by atoms with E-state index < -0.39 is 24.0 Å². The molecule has 1 aliphatic heterocycles. The van der Waals surface area contributed by atoms with Gasteiger partial charge in [-0.3, -0.25) is 29.7 Å². The van der Waals surface area contributed by atoms with E-state index in [-0.39, 0.29) is 6.42 Å². The predicted octanol–water partition coefficient (Wildman–Crippen LogP) is 2.02. The molecule has 1 fully saturated rings. The number of nitrogens with one attached hydrogen (secondary N) is 2. The summed E-state index contributed by atoms with van der Waals surface area (Å²) >= 11 is 0. The van der Waals surface area contributed by atoms with Gasteiger partial charge < -0.3 is 15.2 Å². The number of aromatic nitrogens is 2. The molecule has 0 radical (unpaired) electrons. The molecule has 1 aliphatic rings. The fourth-order valence-electron chi connectivity index (χ4n) is 4.08. The summed E-state index contributed by atoms with van der Waals surface area (Å²) in [5.41, 5.74) is 6.17. The molecule has 0 saturated carbocycles. The van der Waals surface area contributed by atoms with Crippen LogP contribution in [-0.4, -0.2) is 75.4 Å². The van der Waals surface area contributed by atoms with Crippen LogP contribution < -0.4 is 10.8 Å². The lowest BCUT2D eigenvalue weighted by Gasteiger charge is -2.26. The highest BCUT2D eigenvalue weighted by atomic mass is 16.5. The Hall–Kier alpha value is -3.70. The average molecular weight is 506 g/mol. The van der Waals surface area contributed by atoms with Crippen LogP contribution in [0.25, 0.3) is 22.5 Å². The van der Waals surface area contributed by atoms with Gasteiger partial charge in [-0.05, 0) is 24.1 Å². The number of carbonyl (C=O) groups is 2. The molecule has 2 amide bonds. The number of aliphatic hydroxyl groups excluding tert-OH is 1. The van der Waals surface area contributed by atoms with E-state index in [0.717, 1.165) is 49.7 Å². The molecule has 0 aliphatic carbocycles. The van der Waals surface area contributed by atoms with Crippen LogP contribution in [0.3, 0.4) is 0 Å². The first-order valence-electron chi connectivity index (χ1n) is 12.2. The number of aliphatic hydroxyl groups is 1. The first-order valence-corrected chi connectivity index (χ1v) is 12.2. The Balaban J connectivity index is 1.39. The van der Waals surface area contributed by atoms with Gasteiger partial charge in [0.2, 0.25) is 0 Å². The van der Waals surface area contributed by atoms with Crippen LogP contribution in [0.4, 0.5) is 0 Å². The molecule has 3 aromatic rings. The molecule has 10 nitrogen and oxygen atoms in total. The molecule has 2 aromatic carbocycles. The lowest BCUT2D eigenvalue weighted by atomic mass is 10.1. The standard InChI is InChI=1S/C27H31N5O5/c1-2-24(33)25(27(35)31-36)30-26(34)21-9-7-20(8-10-21)23-16-28-22(15-29-23)19-5-3-18(4-6-19)17-32-11-13-37-14-12-32/h3-10,15-16,24-25,33,36H,2,11-14,17H2,1H3,(H,30,34)(H,31,35)/t24-,25+/m1/s1. The van der Waals surface area contributed by atoms with E-state index in [1.165, 1.54) is 11.0 Å². The van der Waals surface area contributed by atoms with Gasteiger partial charge in [0, 0.05) is 36.3 Å². The number of hydroxylamine groups is 1. The summed E-state index contributed by atoms with van der Waals surface area (Å²) in [5, 5.41) is 21.3. The molecule has 2 atom stereocenters. The molecular weight excluding hydrogens is 474 g/mol. The second kappa shape index (κ2) is 12.5. The average Bonchev–Trinajstić information content (AvgIpc) is 2.96. The van der Waals surface area contributed by atoms with Crippen LogP contribution >= 0.6 is 0 Å². The highest BCUT2D eigenvalue weighted by molar-refractivity contribution is 5.97. The lowest BCUT2D eigenvalue weighted by molar-refractivity contribution is -0.134. The van der Waals surface area contributed by atoms with Crippen molar-refractivity contribution in [3.63, 3.8) is 0 Å². The van der Waals surface area contributed by atoms with E-state index in [0.29, 0.717) is 11.3 Å². The minimum absolute atomic E-state index is 0.227. The Morgan fingerprint density at radius 1 is 0.973 bits per heavy atom. The maximum absolute atomic E-state index is 12.6. The summed E-state index contributed by atoms with van der Waals surface area (Å²) in [6.07, 6.45) is 2.50. The van der Waals surface area contributed by atoms with Gasteiger partial charge in [-0.15, -0.1) is 0 Å². The minimum Gasteiger partial charge on any atom is -0.390 e. The molecule has 4 rings (SSSR count). The molecule has 0 bridgehead atoms. The normalized spacial score (nSPS) is 15.5. The van der Waals surface area contributed by atoms with E-state index in [9.17, 15) is 14.7 Å². The second-order valence-corrected chi connectivity index (χ2v) is 8.85. The Morgan fingerprint density at radius 2 is 1.54 bits per heavy atom. The topological polar surface area (TPSA) is 137 Å². The van der Waals surface area contributed by atoms with Crippen LogP contribution in [-0.2, 0) is 16.1 Å². The van der Waals surface area contributed by atoms with Crippen molar-refractivity contribution in [1.82, 2.24) is 25.7 Å². The van der Waals surface area contributed by atoms with Crippen molar-refractivity contribution in [2.45, 2.75) is 32.0 Å². The minimum atomic E-state index is -1.27. The molecule has 0 spiro atoms. The Labute approximate surface area is 215 Å². The zero-order valence-corrected chi connectivity index (χ0v) is 20.6. The maximum atomic E-state index is 12.6. The van der Waals surface area contributed by atoms with E-state index in [1.54, 1.807) is 43.6 Å². The highest BCUT2D eigenvalue weighted by Gasteiger charge is 2.27. The number of amides is 2. The highest BCUT2D eigenvalue weighted by Crippen LogP contribution is 2.22. The quantitative estimate of drug-likeness (QED) is 0.256. The Bertz CT molecular complexity index is 1180. The summed E-state index contributed by atoms with van der Waals surface area (Å²) in [7, 11) is 0. The molecule has 0 unspecified atom stereocenters. The first kappa shape index (κ1) is 26.4. The Kier molecular flexibility index (Phi) is 8.91. The summed E-state index contributed by atoms with van der Waals surface area (Å²) in [5.74, 6) is -1.44. The van der Waals surface area contributed by atoms with E-state index >= 15 is 0 Å². The number of rotatable bonds is 9. The third-order valence-corrected chi connectivity index (χ3v) is 6.34. The van der Waals surface area contributed by atoms with Gasteiger partial charge in [-0.1, -0.05) is 43.3 Å². The maximum Gasteiger partial charge on any atom is 0.268 e. The lowest BCUT2D eigenvalue weighted by Crippen LogP contribution is -2.52. The van der Waals surface area contributed by atoms with Gasteiger partial charge in [0.15, 0.2) is 0 Å². The van der Waals surface area contributed by atoms with Crippen molar-refractivity contribution in [1.29, 1.82) is 0 Å². The van der Waals surface area contributed by atoms with Crippen LogP contribution in [0, 0.1) is 0 Å². The first-order chi connectivity index (χ1) is 18.0. The number of ether oxygens (including phenoxy) is 1. The van der Waals surface area contributed by atoms with Crippen LogP contribution in [0.5, 0.6) is 0 Å². The van der Waals surface area contributed by atoms with E-state index in [4.69, 9.17) is 9.94 Å². The van der Waals surface area contributed by atoms with Crippen molar-refractivity contribution in [2.24, 2.45) is 0 Å². The summed E-state index contributed by atoms with van der Waals surface area (Å²) in [6, 6.07) is 13.7. The molecular formula is C27H31N5O5. The van der Waals surface area contributed by atoms with Crippen LogP contribution in [0.1, 0.15) is 29.3 Å². The molecule has 4 N–H and O–H groups in total. The number of morpholine rings is 1. The van der Waals surface area contributed by atoms with Crippen molar-refractivity contribution in [2.75, 3.05) is 26.3 Å². The van der Waals surface area contributed by atoms with Crippen LogP contribution in [0.15, 0.2) is 60.9 Å². The molecule has 2 heterocycles. The number of hydrogen-bond donors (Lipinski definition) is 4. The molecule has 194 valence electrons. The van der Waals surface area contributed by atoms with Gasteiger partial charge >= 0.3 is 0 Å². The fourth-order valence-corrected chi connectivity index (χ4v) is 4.08. The van der Waals surface area contributed by atoms with E-state index in [1.807, 2.05) is 12.1 Å². The van der Waals surface area contributed by atoms with Gasteiger partial charge in [-0.2, -0.15) is 0 Å².